The fraction of sp³-hybridized carbons (Fsp3) is 0.455. The summed E-state index contributed by atoms with van der Waals surface area (Å²) < 4.78 is 22.1. The SMILES string of the molecule is CCOP(=O)(CC)N=Nc1ccc(OC)cc1. The maximum Gasteiger partial charge on any atom is 0.332 e. The van der Waals surface area contributed by atoms with Crippen LogP contribution >= 0.6 is 7.52 Å². The van der Waals surface area contributed by atoms with Crippen molar-refractivity contribution >= 4 is 13.2 Å². The molecule has 0 aliphatic carbocycles. The van der Waals surface area contributed by atoms with Crippen LogP contribution < -0.4 is 4.74 Å². The van der Waals surface area contributed by atoms with Gasteiger partial charge < -0.3 is 9.26 Å². The van der Waals surface area contributed by atoms with Gasteiger partial charge in [0.25, 0.3) is 0 Å². The quantitative estimate of drug-likeness (QED) is 0.570. The van der Waals surface area contributed by atoms with Crippen molar-refractivity contribution in [3.63, 3.8) is 0 Å². The summed E-state index contributed by atoms with van der Waals surface area (Å²) >= 11 is 0. The van der Waals surface area contributed by atoms with Gasteiger partial charge in [0.2, 0.25) is 0 Å². The predicted octanol–water partition coefficient (Wildman–Crippen LogP) is 4.03. The molecule has 0 saturated heterocycles. The Labute approximate surface area is 101 Å². The third-order valence-corrected chi connectivity index (χ3v) is 3.92. The molecule has 1 unspecified atom stereocenters. The lowest BCUT2D eigenvalue weighted by Gasteiger charge is -2.08. The normalized spacial score (nSPS) is 14.8. The first-order valence-corrected chi connectivity index (χ1v) is 7.20. The second kappa shape index (κ2) is 6.52. The molecule has 0 aliphatic heterocycles. The van der Waals surface area contributed by atoms with Crippen LogP contribution in [0.3, 0.4) is 0 Å². The lowest BCUT2D eigenvalue weighted by Crippen LogP contribution is -1.88. The average molecular weight is 256 g/mol. The molecule has 0 aliphatic rings. The Morgan fingerprint density at radius 2 is 1.88 bits per heavy atom. The fourth-order valence-electron chi connectivity index (χ4n) is 1.15. The predicted molar refractivity (Wildman–Crippen MR) is 67.3 cm³/mol. The van der Waals surface area contributed by atoms with Gasteiger partial charge in [0.05, 0.1) is 19.4 Å². The van der Waals surface area contributed by atoms with Crippen LogP contribution in [0.5, 0.6) is 5.75 Å². The zero-order valence-electron chi connectivity index (χ0n) is 10.3. The van der Waals surface area contributed by atoms with Crippen molar-refractivity contribution in [2.24, 2.45) is 10.00 Å². The summed E-state index contributed by atoms with van der Waals surface area (Å²) in [5.74, 6) is 0.743. The molecule has 0 heterocycles. The largest absolute Gasteiger partial charge is 0.497 e. The molecule has 6 heteroatoms. The molecule has 0 spiro atoms. The monoisotopic (exact) mass is 256 g/mol. The van der Waals surface area contributed by atoms with E-state index < -0.39 is 7.52 Å². The van der Waals surface area contributed by atoms with Crippen molar-refractivity contribution in [1.82, 2.24) is 0 Å². The molecule has 94 valence electrons. The summed E-state index contributed by atoms with van der Waals surface area (Å²) in [6.07, 6.45) is 0.348. The zero-order valence-corrected chi connectivity index (χ0v) is 11.2. The smallest absolute Gasteiger partial charge is 0.332 e. The topological polar surface area (TPSA) is 60.2 Å². The van der Waals surface area contributed by atoms with Crippen molar-refractivity contribution in [3.8, 4) is 5.75 Å². The van der Waals surface area contributed by atoms with Gasteiger partial charge in [-0.1, -0.05) is 11.8 Å². The Balaban J connectivity index is 2.78. The minimum Gasteiger partial charge on any atom is -0.497 e. The first-order valence-electron chi connectivity index (χ1n) is 5.44. The van der Waals surface area contributed by atoms with Crippen molar-refractivity contribution in [3.05, 3.63) is 24.3 Å². The van der Waals surface area contributed by atoms with E-state index in [1.807, 2.05) is 0 Å². The zero-order chi connectivity index (χ0) is 12.7. The van der Waals surface area contributed by atoms with Gasteiger partial charge in [0, 0.05) is 6.16 Å². The fourth-order valence-corrected chi connectivity index (χ4v) is 2.15. The molecule has 17 heavy (non-hydrogen) atoms. The van der Waals surface area contributed by atoms with Gasteiger partial charge in [-0.15, -0.1) is 5.11 Å². The van der Waals surface area contributed by atoms with Crippen LogP contribution in [0.4, 0.5) is 5.69 Å². The Kier molecular flexibility index (Phi) is 5.32. The molecule has 0 amide bonds. The first kappa shape index (κ1) is 13.9. The van der Waals surface area contributed by atoms with Crippen molar-refractivity contribution in [2.75, 3.05) is 19.9 Å². The van der Waals surface area contributed by atoms with Gasteiger partial charge in [0.1, 0.15) is 5.75 Å². The van der Waals surface area contributed by atoms with Crippen molar-refractivity contribution in [1.29, 1.82) is 0 Å². The minimum atomic E-state index is -2.96. The van der Waals surface area contributed by atoms with Gasteiger partial charge in [0.15, 0.2) is 0 Å². The van der Waals surface area contributed by atoms with E-state index in [2.05, 4.69) is 10.00 Å². The third kappa shape index (κ3) is 4.29. The van der Waals surface area contributed by atoms with E-state index in [0.717, 1.165) is 5.75 Å². The second-order valence-electron chi connectivity index (χ2n) is 3.26. The van der Waals surface area contributed by atoms with Crippen LogP contribution in [0.15, 0.2) is 34.3 Å². The molecular formula is C11H17N2O3P. The van der Waals surface area contributed by atoms with Crippen LogP contribution in [0, 0.1) is 0 Å². The Morgan fingerprint density at radius 3 is 2.35 bits per heavy atom. The lowest BCUT2D eigenvalue weighted by molar-refractivity contribution is 0.333. The molecule has 1 aromatic rings. The molecule has 0 saturated carbocycles. The van der Waals surface area contributed by atoms with Crippen LogP contribution in [0.1, 0.15) is 13.8 Å². The molecule has 1 rings (SSSR count). The summed E-state index contributed by atoms with van der Waals surface area (Å²) in [7, 11) is -1.36. The molecule has 5 nitrogen and oxygen atoms in total. The molecule has 0 fully saturated rings. The molecule has 1 atom stereocenters. The number of nitrogens with zero attached hydrogens (tertiary/aromatic N) is 2. The van der Waals surface area contributed by atoms with Crippen LogP contribution in [-0.4, -0.2) is 19.9 Å². The summed E-state index contributed by atoms with van der Waals surface area (Å²) in [4.78, 5) is 3.81. The Bertz CT molecular complexity index is 417. The minimum absolute atomic E-state index is 0.348. The van der Waals surface area contributed by atoms with Gasteiger partial charge >= 0.3 is 7.52 Å². The first-order chi connectivity index (χ1) is 8.13. The van der Waals surface area contributed by atoms with E-state index in [1.165, 1.54) is 0 Å². The lowest BCUT2D eigenvalue weighted by atomic mass is 10.3. The van der Waals surface area contributed by atoms with Crippen LogP contribution in [0.25, 0.3) is 0 Å². The maximum atomic E-state index is 12.0. The highest BCUT2D eigenvalue weighted by Gasteiger charge is 2.18. The maximum absolute atomic E-state index is 12.0. The highest BCUT2D eigenvalue weighted by atomic mass is 31.2. The van der Waals surface area contributed by atoms with Gasteiger partial charge in [-0.2, -0.15) is 0 Å². The highest BCUT2D eigenvalue weighted by molar-refractivity contribution is 7.57. The Hall–Kier alpha value is -1.19. The molecule has 1 aromatic carbocycles. The number of hydrogen-bond donors (Lipinski definition) is 0. The Morgan fingerprint density at radius 1 is 1.24 bits per heavy atom. The molecule has 0 radical (unpaired) electrons. The van der Waals surface area contributed by atoms with Gasteiger partial charge in [-0.25, -0.2) is 0 Å². The molecule has 0 bridgehead atoms. The number of benzene rings is 1. The number of hydrogen-bond acceptors (Lipinski definition) is 4. The average Bonchev–Trinajstić information content (AvgIpc) is 2.37. The molecular weight excluding hydrogens is 239 g/mol. The molecule has 0 N–H and O–H groups in total. The number of rotatable bonds is 6. The van der Waals surface area contributed by atoms with E-state index in [0.29, 0.717) is 18.5 Å². The van der Waals surface area contributed by atoms with E-state index in [-0.39, 0.29) is 0 Å². The van der Waals surface area contributed by atoms with Gasteiger partial charge in [-0.3, -0.25) is 4.57 Å². The van der Waals surface area contributed by atoms with E-state index >= 15 is 0 Å². The second-order valence-corrected chi connectivity index (χ2v) is 5.60. The number of methoxy groups -OCH3 is 1. The summed E-state index contributed by atoms with van der Waals surface area (Å²) in [6.45, 7) is 3.92. The summed E-state index contributed by atoms with van der Waals surface area (Å²) in [5.41, 5.74) is 0.624. The molecule has 0 aromatic heterocycles. The van der Waals surface area contributed by atoms with Crippen LogP contribution in [-0.2, 0) is 9.09 Å². The van der Waals surface area contributed by atoms with E-state index in [9.17, 15) is 4.57 Å². The third-order valence-electron chi connectivity index (χ3n) is 2.10. The van der Waals surface area contributed by atoms with Crippen LogP contribution in [0.2, 0.25) is 0 Å². The number of ether oxygens (including phenoxy) is 1. The van der Waals surface area contributed by atoms with E-state index in [1.54, 1.807) is 45.2 Å². The van der Waals surface area contributed by atoms with Crippen molar-refractivity contribution in [2.45, 2.75) is 13.8 Å². The highest BCUT2D eigenvalue weighted by Crippen LogP contribution is 2.48. The standard InChI is InChI=1S/C11H17N2O3P/c1-4-16-17(14,5-2)13-12-10-6-8-11(15-3)9-7-10/h6-9H,4-5H2,1-3H3. The summed E-state index contributed by atoms with van der Waals surface area (Å²) in [6, 6.07) is 7.03. The van der Waals surface area contributed by atoms with E-state index in [4.69, 9.17) is 9.26 Å². The summed E-state index contributed by atoms with van der Waals surface area (Å²) in [5, 5.41) is 3.92. The van der Waals surface area contributed by atoms with Crippen molar-refractivity contribution < 1.29 is 13.8 Å². The van der Waals surface area contributed by atoms with Gasteiger partial charge in [-0.05, 0) is 31.2 Å².